The van der Waals surface area contributed by atoms with Crippen LogP contribution in [-0.4, -0.2) is 62.8 Å². The smallest absolute Gasteiger partial charge is 0.349 e. The molecule has 2 aliphatic rings. The molecule has 2 saturated heterocycles. The average Bonchev–Trinajstić information content (AvgIpc) is 3.71. The lowest BCUT2D eigenvalue weighted by atomic mass is 9.88. The number of hydrogen-bond donors (Lipinski definition) is 0. The van der Waals surface area contributed by atoms with Crippen LogP contribution < -0.4 is 0 Å². The average molecular weight is 720 g/mol. The SMILES string of the molecule is N#CC1CCN(C(=O)N2CCC(c3ccc(C(OCc4c(F)cccc4F)(C(F)(F)F)C(F)(F)F)cc3)(S(=O)(=O)c3ccc(F)cc3)C2)C1. The Bertz CT molecular complexity index is 1830. The second kappa shape index (κ2) is 12.9. The van der Waals surface area contributed by atoms with E-state index in [2.05, 4.69) is 4.74 Å². The van der Waals surface area contributed by atoms with Crippen molar-refractivity contribution in [1.29, 1.82) is 5.26 Å². The number of benzene rings is 3. The largest absolute Gasteiger partial charge is 0.430 e. The molecule has 3 aromatic carbocycles. The molecule has 262 valence electrons. The van der Waals surface area contributed by atoms with Crippen LogP contribution in [0.4, 0.5) is 44.3 Å². The van der Waals surface area contributed by atoms with Crippen molar-refractivity contribution in [1.82, 2.24) is 9.80 Å². The van der Waals surface area contributed by atoms with Gasteiger partial charge in [0.05, 0.1) is 23.5 Å². The zero-order chi connectivity index (χ0) is 36.0. The highest BCUT2D eigenvalue weighted by atomic mass is 32.2. The molecule has 2 amide bonds. The van der Waals surface area contributed by atoms with E-state index in [0.29, 0.717) is 30.7 Å². The molecule has 0 radical (unpaired) electrons. The van der Waals surface area contributed by atoms with Crippen molar-refractivity contribution >= 4 is 15.9 Å². The van der Waals surface area contributed by atoms with E-state index in [4.69, 9.17) is 0 Å². The van der Waals surface area contributed by atoms with E-state index in [-0.39, 0.29) is 31.6 Å². The number of carbonyl (C=O) groups excluding carboxylic acids is 1. The van der Waals surface area contributed by atoms with Crippen LogP contribution in [0.25, 0.3) is 0 Å². The molecule has 7 nitrogen and oxygen atoms in total. The predicted molar refractivity (Wildman–Crippen MR) is 154 cm³/mol. The number of halogens is 9. The topological polar surface area (TPSA) is 90.7 Å². The number of amides is 2. The molecule has 2 aliphatic heterocycles. The summed E-state index contributed by atoms with van der Waals surface area (Å²) in [4.78, 5) is 15.4. The molecule has 49 heavy (non-hydrogen) atoms. The summed E-state index contributed by atoms with van der Waals surface area (Å²) >= 11 is 0. The maximum Gasteiger partial charge on any atom is 0.430 e. The first-order chi connectivity index (χ1) is 22.9. The summed E-state index contributed by atoms with van der Waals surface area (Å²) in [5, 5.41) is 9.22. The minimum atomic E-state index is -6.24. The third kappa shape index (κ3) is 6.20. The van der Waals surface area contributed by atoms with Crippen LogP contribution in [0.5, 0.6) is 0 Å². The first-order valence-electron chi connectivity index (χ1n) is 14.6. The van der Waals surface area contributed by atoms with E-state index >= 15 is 0 Å². The second-order valence-corrected chi connectivity index (χ2v) is 14.0. The fourth-order valence-electron chi connectivity index (χ4n) is 6.23. The van der Waals surface area contributed by atoms with Crippen molar-refractivity contribution in [2.24, 2.45) is 5.92 Å². The minimum Gasteiger partial charge on any atom is -0.349 e. The fraction of sp³-hybridized carbons (Fsp3) is 0.375. The second-order valence-electron chi connectivity index (χ2n) is 11.7. The molecule has 0 saturated carbocycles. The molecule has 0 aliphatic carbocycles. The van der Waals surface area contributed by atoms with Gasteiger partial charge in [-0.05, 0) is 54.8 Å². The van der Waals surface area contributed by atoms with E-state index in [1.165, 1.54) is 4.90 Å². The number of urea groups is 1. The van der Waals surface area contributed by atoms with Crippen LogP contribution in [0.3, 0.4) is 0 Å². The Balaban J connectivity index is 1.59. The molecule has 0 spiro atoms. The number of hydrogen-bond acceptors (Lipinski definition) is 5. The van der Waals surface area contributed by atoms with Gasteiger partial charge in [-0.1, -0.05) is 30.3 Å². The number of sulfone groups is 1. The molecule has 2 fully saturated rings. The first-order valence-corrected chi connectivity index (χ1v) is 16.1. The molecule has 2 heterocycles. The van der Waals surface area contributed by atoms with Gasteiger partial charge in [0.1, 0.15) is 22.2 Å². The van der Waals surface area contributed by atoms with Crippen molar-refractivity contribution < 1.29 is 57.5 Å². The normalized spacial score (nSPS) is 20.4. The summed E-state index contributed by atoms with van der Waals surface area (Å²) < 4.78 is 160. The van der Waals surface area contributed by atoms with Crippen LogP contribution in [0.1, 0.15) is 29.5 Å². The van der Waals surface area contributed by atoms with E-state index < -0.39 is 91.1 Å². The van der Waals surface area contributed by atoms with Crippen LogP contribution in [-0.2, 0) is 31.5 Å². The van der Waals surface area contributed by atoms with E-state index in [1.54, 1.807) is 0 Å². The number of rotatable bonds is 7. The monoisotopic (exact) mass is 719 g/mol. The molecule has 5 rings (SSSR count). The lowest BCUT2D eigenvalue weighted by molar-refractivity contribution is -0.392. The standard InChI is InChI=1S/C32H26F9N3O4S/c33-23-8-10-24(11-9-23)49(46,47)29(13-15-44(19-29)28(45)43-14-12-20(16-42)17-43)21-4-6-22(7-5-21)30(31(36,37)38,32(39,40)41)48-18-25-26(34)2-1-3-27(25)35/h1-11,20H,12-15,17-19H2. The summed E-state index contributed by atoms with van der Waals surface area (Å²) in [6.07, 6.45) is -12.4. The fourth-order valence-corrected chi connectivity index (χ4v) is 8.31. The highest BCUT2D eigenvalue weighted by molar-refractivity contribution is 7.92. The molecule has 2 unspecified atom stereocenters. The summed E-state index contributed by atoms with van der Waals surface area (Å²) in [5.74, 6) is -4.13. The van der Waals surface area contributed by atoms with Crippen LogP contribution in [0.2, 0.25) is 0 Å². The van der Waals surface area contributed by atoms with Crippen molar-refractivity contribution in [3.8, 4) is 6.07 Å². The highest BCUT2D eigenvalue weighted by Gasteiger charge is 2.73. The summed E-state index contributed by atoms with van der Waals surface area (Å²) in [6, 6.07) is 9.30. The van der Waals surface area contributed by atoms with Gasteiger partial charge < -0.3 is 14.5 Å². The number of carbonyl (C=O) groups is 1. The van der Waals surface area contributed by atoms with Gasteiger partial charge in [-0.2, -0.15) is 31.6 Å². The van der Waals surface area contributed by atoms with Gasteiger partial charge in [-0.15, -0.1) is 0 Å². The van der Waals surface area contributed by atoms with Crippen LogP contribution >= 0.6 is 0 Å². The third-order valence-electron chi connectivity index (χ3n) is 8.89. The van der Waals surface area contributed by atoms with Gasteiger partial charge >= 0.3 is 18.4 Å². The lowest BCUT2D eigenvalue weighted by Gasteiger charge is -2.38. The number of nitriles is 1. The molecule has 3 aromatic rings. The Morgan fingerprint density at radius 3 is 2.00 bits per heavy atom. The van der Waals surface area contributed by atoms with E-state index in [0.717, 1.165) is 47.4 Å². The van der Waals surface area contributed by atoms with Gasteiger partial charge in [0, 0.05) is 37.3 Å². The Kier molecular flexibility index (Phi) is 9.45. The summed E-state index contributed by atoms with van der Waals surface area (Å²) in [6.45, 7) is -2.27. The maximum atomic E-state index is 14.5. The molecular formula is C32H26F9N3O4S. The van der Waals surface area contributed by atoms with Gasteiger partial charge in [-0.25, -0.2) is 26.4 Å². The maximum absolute atomic E-state index is 14.5. The Labute approximate surface area is 274 Å². The lowest BCUT2D eigenvalue weighted by Crippen LogP contribution is -2.56. The number of alkyl halides is 6. The van der Waals surface area contributed by atoms with E-state index in [9.17, 15) is 58.0 Å². The first kappa shape index (κ1) is 36.0. The zero-order valence-electron chi connectivity index (χ0n) is 25.2. The van der Waals surface area contributed by atoms with Crippen molar-refractivity contribution in [3.05, 3.63) is 101 Å². The Morgan fingerprint density at radius 2 is 1.47 bits per heavy atom. The molecule has 0 aromatic heterocycles. The molecular weight excluding hydrogens is 693 g/mol. The minimum absolute atomic E-state index is 0.0754. The zero-order valence-corrected chi connectivity index (χ0v) is 26.0. The summed E-state index contributed by atoms with van der Waals surface area (Å²) in [7, 11) is -4.63. The van der Waals surface area contributed by atoms with Crippen molar-refractivity contribution in [2.45, 2.75) is 47.0 Å². The molecule has 17 heteroatoms. The Morgan fingerprint density at radius 1 is 0.878 bits per heavy atom. The van der Waals surface area contributed by atoms with Crippen molar-refractivity contribution in [3.63, 3.8) is 0 Å². The molecule has 0 N–H and O–H groups in total. The molecule has 2 atom stereocenters. The number of nitrogens with zero attached hydrogens (tertiary/aromatic N) is 3. The van der Waals surface area contributed by atoms with E-state index in [1.807, 2.05) is 6.07 Å². The van der Waals surface area contributed by atoms with Crippen LogP contribution in [0.15, 0.2) is 71.6 Å². The summed E-state index contributed by atoms with van der Waals surface area (Å²) in [5.41, 5.74) is -8.14. The van der Waals surface area contributed by atoms with Crippen LogP contribution in [0, 0.1) is 34.7 Å². The van der Waals surface area contributed by atoms with Gasteiger partial charge in [0.25, 0.3) is 5.60 Å². The number of ether oxygens (including phenoxy) is 1. The van der Waals surface area contributed by atoms with Gasteiger partial charge in [0.15, 0.2) is 9.84 Å². The highest BCUT2D eigenvalue weighted by Crippen LogP contribution is 2.54. The Hall–Kier alpha value is -4.30. The third-order valence-corrected chi connectivity index (χ3v) is 11.4. The molecule has 0 bridgehead atoms. The van der Waals surface area contributed by atoms with Gasteiger partial charge in [0.2, 0.25) is 0 Å². The predicted octanol–water partition coefficient (Wildman–Crippen LogP) is 6.98. The van der Waals surface area contributed by atoms with Gasteiger partial charge in [-0.3, -0.25) is 0 Å². The number of likely N-dealkylation sites (tertiary alicyclic amines) is 2. The van der Waals surface area contributed by atoms with Crippen molar-refractivity contribution in [2.75, 3.05) is 26.2 Å². The quantitative estimate of drug-likeness (QED) is 0.194.